The van der Waals surface area contributed by atoms with Gasteiger partial charge in [0.1, 0.15) is 5.01 Å². The number of carbonyl (C=O) groups excluding carboxylic acids is 2. The molecule has 1 unspecified atom stereocenters. The normalized spacial score (nSPS) is 20.4. The van der Waals surface area contributed by atoms with Gasteiger partial charge in [-0.25, -0.2) is 4.98 Å². The summed E-state index contributed by atoms with van der Waals surface area (Å²) in [5, 5.41) is 1.08. The van der Waals surface area contributed by atoms with Crippen LogP contribution in [-0.2, 0) is 0 Å². The van der Waals surface area contributed by atoms with Crippen molar-refractivity contribution in [3.63, 3.8) is 0 Å². The summed E-state index contributed by atoms with van der Waals surface area (Å²) in [5.41, 5.74) is 2.04. The lowest BCUT2D eigenvalue weighted by Gasteiger charge is -2.36. The maximum absolute atomic E-state index is 12.7. The summed E-state index contributed by atoms with van der Waals surface area (Å²) in [6, 6.07) is 15.4. The van der Waals surface area contributed by atoms with Crippen LogP contribution >= 0.6 is 11.3 Å². The molecular formula is C21H19N3O2S. The zero-order valence-electron chi connectivity index (χ0n) is 14.8. The van der Waals surface area contributed by atoms with Crippen molar-refractivity contribution in [2.75, 3.05) is 13.2 Å². The van der Waals surface area contributed by atoms with Gasteiger partial charge in [-0.05, 0) is 37.1 Å². The van der Waals surface area contributed by atoms with Crippen LogP contribution in [0.25, 0.3) is 10.2 Å². The van der Waals surface area contributed by atoms with E-state index in [1.807, 2.05) is 18.2 Å². The Morgan fingerprint density at radius 1 is 0.963 bits per heavy atom. The van der Waals surface area contributed by atoms with Gasteiger partial charge in [0, 0.05) is 6.54 Å². The lowest BCUT2D eigenvalue weighted by Crippen LogP contribution is -2.44. The number of rotatable bonds is 3. The molecule has 0 N–H and O–H groups in total. The molecule has 2 amide bonds. The van der Waals surface area contributed by atoms with E-state index in [1.54, 1.807) is 35.6 Å². The Labute approximate surface area is 161 Å². The summed E-state index contributed by atoms with van der Waals surface area (Å²) in [4.78, 5) is 33.9. The Morgan fingerprint density at radius 3 is 2.41 bits per heavy atom. The van der Waals surface area contributed by atoms with Crippen LogP contribution in [0, 0.1) is 0 Å². The number of para-hydroxylation sites is 1. The first-order chi connectivity index (χ1) is 13.2. The van der Waals surface area contributed by atoms with Crippen LogP contribution in [0.3, 0.4) is 0 Å². The number of hydrogen-bond donors (Lipinski definition) is 0. The number of aromatic nitrogens is 1. The highest BCUT2D eigenvalue weighted by Crippen LogP contribution is 2.36. The van der Waals surface area contributed by atoms with Crippen molar-refractivity contribution in [2.24, 2.45) is 0 Å². The fourth-order valence-electron chi connectivity index (χ4n) is 4.02. The number of hydrogen-bond acceptors (Lipinski definition) is 5. The smallest absolute Gasteiger partial charge is 0.262 e. The Morgan fingerprint density at radius 2 is 1.67 bits per heavy atom. The molecular weight excluding hydrogens is 358 g/mol. The highest BCUT2D eigenvalue weighted by molar-refractivity contribution is 7.18. The molecule has 0 bridgehead atoms. The summed E-state index contributed by atoms with van der Waals surface area (Å²) in [6.45, 7) is 1.20. The molecule has 1 aromatic heterocycles. The van der Waals surface area contributed by atoms with Gasteiger partial charge >= 0.3 is 0 Å². The second-order valence-corrected chi connectivity index (χ2v) is 8.13. The number of carbonyl (C=O) groups is 2. The van der Waals surface area contributed by atoms with E-state index < -0.39 is 0 Å². The van der Waals surface area contributed by atoms with Crippen LogP contribution in [0.5, 0.6) is 0 Å². The van der Waals surface area contributed by atoms with Crippen LogP contribution in [0.4, 0.5) is 0 Å². The monoisotopic (exact) mass is 377 g/mol. The Hall–Kier alpha value is -2.57. The first kappa shape index (κ1) is 16.6. The van der Waals surface area contributed by atoms with Crippen molar-refractivity contribution in [3.8, 4) is 0 Å². The number of piperidine rings is 1. The molecule has 1 atom stereocenters. The average molecular weight is 377 g/mol. The zero-order valence-corrected chi connectivity index (χ0v) is 15.6. The minimum atomic E-state index is -0.191. The van der Waals surface area contributed by atoms with Crippen molar-refractivity contribution in [2.45, 2.75) is 25.3 Å². The number of benzene rings is 2. The van der Waals surface area contributed by atoms with Gasteiger partial charge in [0.15, 0.2) is 0 Å². The van der Waals surface area contributed by atoms with Crippen LogP contribution in [0.15, 0.2) is 48.5 Å². The summed E-state index contributed by atoms with van der Waals surface area (Å²) >= 11 is 1.71. The minimum Gasteiger partial charge on any atom is -0.276 e. The van der Waals surface area contributed by atoms with Crippen molar-refractivity contribution < 1.29 is 9.59 Å². The van der Waals surface area contributed by atoms with E-state index in [2.05, 4.69) is 11.0 Å². The second-order valence-electron chi connectivity index (χ2n) is 7.07. The quantitative estimate of drug-likeness (QED) is 0.646. The van der Waals surface area contributed by atoms with Gasteiger partial charge in [0.25, 0.3) is 11.8 Å². The van der Waals surface area contributed by atoms with E-state index in [1.165, 1.54) is 9.60 Å². The summed E-state index contributed by atoms with van der Waals surface area (Å²) in [6.07, 6.45) is 3.22. The van der Waals surface area contributed by atoms with Gasteiger partial charge in [-0.3, -0.25) is 19.4 Å². The number of amides is 2. The second kappa shape index (κ2) is 6.55. The molecule has 0 spiro atoms. The molecule has 2 aliphatic rings. The van der Waals surface area contributed by atoms with Gasteiger partial charge in [-0.15, -0.1) is 11.3 Å². The molecule has 0 saturated carbocycles. The molecule has 0 aliphatic carbocycles. The minimum absolute atomic E-state index is 0.153. The van der Waals surface area contributed by atoms with Gasteiger partial charge in [-0.1, -0.05) is 30.7 Å². The molecule has 136 valence electrons. The summed E-state index contributed by atoms with van der Waals surface area (Å²) < 4.78 is 1.18. The number of thiazole rings is 1. The molecule has 5 nitrogen and oxygen atoms in total. The topological polar surface area (TPSA) is 53.5 Å². The predicted octanol–water partition coefficient (Wildman–Crippen LogP) is 4.08. The van der Waals surface area contributed by atoms with Gasteiger partial charge < -0.3 is 0 Å². The average Bonchev–Trinajstić information content (AvgIpc) is 3.24. The molecule has 1 saturated heterocycles. The number of nitrogens with zero attached hydrogens (tertiary/aromatic N) is 3. The third-order valence-corrected chi connectivity index (χ3v) is 6.55. The molecule has 2 aromatic carbocycles. The Kier molecular flexibility index (Phi) is 4.02. The molecule has 3 aromatic rings. The van der Waals surface area contributed by atoms with Crippen molar-refractivity contribution in [1.29, 1.82) is 0 Å². The van der Waals surface area contributed by atoms with E-state index >= 15 is 0 Å². The lowest BCUT2D eigenvalue weighted by atomic mass is 10.0. The van der Waals surface area contributed by atoms with Gasteiger partial charge in [0.2, 0.25) is 0 Å². The largest absolute Gasteiger partial charge is 0.276 e. The van der Waals surface area contributed by atoms with Crippen LogP contribution < -0.4 is 0 Å². The highest BCUT2D eigenvalue weighted by Gasteiger charge is 2.38. The molecule has 6 heteroatoms. The number of imide groups is 1. The summed E-state index contributed by atoms with van der Waals surface area (Å²) in [7, 11) is 0. The van der Waals surface area contributed by atoms with Gasteiger partial charge in [-0.2, -0.15) is 0 Å². The van der Waals surface area contributed by atoms with E-state index in [-0.39, 0.29) is 17.9 Å². The van der Waals surface area contributed by atoms with Crippen LogP contribution in [-0.4, -0.2) is 39.8 Å². The fourth-order valence-corrected chi connectivity index (χ4v) is 5.16. The van der Waals surface area contributed by atoms with E-state index in [0.29, 0.717) is 17.8 Å². The molecule has 27 heavy (non-hydrogen) atoms. The Bertz CT molecular complexity index is 977. The standard InChI is InChI=1S/C21H19N3O2S/c25-20-14-7-1-2-8-15(14)21(26)24(20)13-23-12-6-5-10-17(23)19-22-16-9-3-4-11-18(16)27-19/h1-4,7-9,11,17H,5-6,10,12-13H2. The van der Waals surface area contributed by atoms with E-state index in [0.717, 1.165) is 36.3 Å². The third kappa shape index (κ3) is 2.76. The number of likely N-dealkylation sites (tertiary alicyclic amines) is 1. The van der Waals surface area contributed by atoms with Crippen molar-refractivity contribution >= 4 is 33.4 Å². The molecule has 3 heterocycles. The number of fused-ring (bicyclic) bond motifs is 2. The molecule has 2 aliphatic heterocycles. The van der Waals surface area contributed by atoms with Crippen molar-refractivity contribution in [3.05, 3.63) is 64.7 Å². The SMILES string of the molecule is O=C1c2ccccc2C(=O)N1CN1CCCCC1c1nc2ccccc2s1. The fraction of sp³-hybridized carbons (Fsp3) is 0.286. The van der Waals surface area contributed by atoms with E-state index in [4.69, 9.17) is 4.98 Å². The third-order valence-electron chi connectivity index (χ3n) is 5.41. The lowest BCUT2D eigenvalue weighted by molar-refractivity contribution is 0.0420. The van der Waals surface area contributed by atoms with Crippen LogP contribution in [0.2, 0.25) is 0 Å². The molecule has 5 rings (SSSR count). The molecule has 1 fully saturated rings. The first-order valence-corrected chi connectivity index (χ1v) is 10.1. The highest BCUT2D eigenvalue weighted by atomic mass is 32.1. The predicted molar refractivity (Wildman–Crippen MR) is 105 cm³/mol. The zero-order chi connectivity index (χ0) is 18.4. The van der Waals surface area contributed by atoms with E-state index in [9.17, 15) is 9.59 Å². The molecule has 0 radical (unpaired) electrons. The Balaban J connectivity index is 1.43. The summed E-state index contributed by atoms with van der Waals surface area (Å²) in [5.74, 6) is -0.381. The van der Waals surface area contributed by atoms with Gasteiger partial charge in [0.05, 0.1) is 34.1 Å². The van der Waals surface area contributed by atoms with Crippen LogP contribution in [0.1, 0.15) is 51.0 Å². The first-order valence-electron chi connectivity index (χ1n) is 9.27. The maximum atomic E-state index is 12.7. The van der Waals surface area contributed by atoms with Crippen molar-refractivity contribution in [1.82, 2.24) is 14.8 Å². The maximum Gasteiger partial charge on any atom is 0.262 e.